The molecule has 1 aromatic carbocycles. The molecule has 5 heteroatoms. The van der Waals surface area contributed by atoms with Gasteiger partial charge >= 0.3 is 0 Å². The summed E-state index contributed by atoms with van der Waals surface area (Å²) in [6, 6.07) is 5.50. The molecule has 1 amide bonds. The van der Waals surface area contributed by atoms with E-state index < -0.39 is 0 Å². The summed E-state index contributed by atoms with van der Waals surface area (Å²) in [6.45, 7) is 5.57. The molecule has 110 valence electrons. The average molecular weight is 297 g/mol. The molecule has 1 fully saturated rings. The van der Waals surface area contributed by atoms with Crippen molar-refractivity contribution >= 4 is 23.2 Å². The molecule has 0 aromatic heterocycles. The number of anilines is 1. The van der Waals surface area contributed by atoms with Gasteiger partial charge in [0.15, 0.2) is 0 Å². The van der Waals surface area contributed by atoms with Gasteiger partial charge < -0.3 is 15.4 Å². The molecule has 1 aliphatic rings. The van der Waals surface area contributed by atoms with Crippen molar-refractivity contribution in [3.05, 3.63) is 23.2 Å². The minimum atomic E-state index is -0.00648. The Balaban J connectivity index is 2.10. The highest BCUT2D eigenvalue weighted by Crippen LogP contribution is 2.29. The van der Waals surface area contributed by atoms with Crippen LogP contribution in [0, 0.1) is 5.92 Å². The topological polar surface area (TPSA) is 50.4 Å². The van der Waals surface area contributed by atoms with Gasteiger partial charge in [0.25, 0.3) is 0 Å². The molecular formula is C15H21ClN2O2. The van der Waals surface area contributed by atoms with Crippen LogP contribution in [-0.4, -0.2) is 25.1 Å². The Morgan fingerprint density at radius 1 is 1.55 bits per heavy atom. The van der Waals surface area contributed by atoms with Crippen molar-refractivity contribution in [2.75, 3.05) is 18.5 Å². The first-order valence-electron chi connectivity index (χ1n) is 7.08. The smallest absolute Gasteiger partial charge is 0.229 e. The van der Waals surface area contributed by atoms with E-state index in [9.17, 15) is 4.79 Å². The van der Waals surface area contributed by atoms with Gasteiger partial charge in [-0.3, -0.25) is 4.79 Å². The number of benzene rings is 1. The molecule has 2 N–H and O–H groups in total. The highest BCUT2D eigenvalue weighted by Gasteiger charge is 2.29. The Hall–Kier alpha value is -1.26. The lowest BCUT2D eigenvalue weighted by Crippen LogP contribution is -2.32. The summed E-state index contributed by atoms with van der Waals surface area (Å²) in [6.07, 6.45) is 1.78. The normalized spacial score (nSPS) is 21.8. The lowest BCUT2D eigenvalue weighted by molar-refractivity contribution is -0.120. The molecule has 1 heterocycles. The lowest BCUT2D eigenvalue weighted by Gasteiger charge is -2.17. The molecule has 2 unspecified atom stereocenters. The van der Waals surface area contributed by atoms with E-state index >= 15 is 0 Å². The lowest BCUT2D eigenvalue weighted by atomic mass is 10.0. The van der Waals surface area contributed by atoms with Crippen molar-refractivity contribution in [2.45, 2.75) is 32.7 Å². The average Bonchev–Trinajstić information content (AvgIpc) is 2.84. The highest BCUT2D eigenvalue weighted by molar-refractivity contribution is 6.31. The van der Waals surface area contributed by atoms with Crippen LogP contribution >= 0.6 is 11.6 Å². The van der Waals surface area contributed by atoms with Crippen LogP contribution in [0.25, 0.3) is 0 Å². The van der Waals surface area contributed by atoms with Crippen LogP contribution in [0.4, 0.5) is 5.69 Å². The maximum absolute atomic E-state index is 12.3. The van der Waals surface area contributed by atoms with Crippen LogP contribution in [-0.2, 0) is 4.79 Å². The molecule has 2 atom stereocenters. The van der Waals surface area contributed by atoms with E-state index in [2.05, 4.69) is 10.6 Å². The first-order chi connectivity index (χ1) is 9.61. The molecule has 1 saturated heterocycles. The molecule has 0 spiro atoms. The van der Waals surface area contributed by atoms with Gasteiger partial charge in [0, 0.05) is 11.1 Å². The second-order valence-electron chi connectivity index (χ2n) is 5.12. The van der Waals surface area contributed by atoms with Gasteiger partial charge in [0.2, 0.25) is 5.91 Å². The Morgan fingerprint density at radius 2 is 2.35 bits per heavy atom. The molecule has 0 saturated carbocycles. The number of hydrogen-bond acceptors (Lipinski definition) is 3. The Bertz CT molecular complexity index is 479. The fourth-order valence-corrected chi connectivity index (χ4v) is 2.55. The van der Waals surface area contributed by atoms with Gasteiger partial charge in [0.05, 0.1) is 18.2 Å². The largest absolute Gasteiger partial charge is 0.491 e. The first-order valence-corrected chi connectivity index (χ1v) is 7.46. The third kappa shape index (κ3) is 3.64. The second kappa shape index (κ2) is 6.95. The van der Waals surface area contributed by atoms with Crippen molar-refractivity contribution in [1.29, 1.82) is 0 Å². The van der Waals surface area contributed by atoms with Crippen LogP contribution in [0.15, 0.2) is 18.2 Å². The number of rotatable bonds is 5. The van der Waals surface area contributed by atoms with Gasteiger partial charge in [-0.25, -0.2) is 0 Å². The van der Waals surface area contributed by atoms with E-state index in [-0.39, 0.29) is 17.9 Å². The van der Waals surface area contributed by atoms with Crippen LogP contribution in [0.2, 0.25) is 5.02 Å². The monoisotopic (exact) mass is 296 g/mol. The van der Waals surface area contributed by atoms with Gasteiger partial charge in [-0.15, -0.1) is 0 Å². The number of amides is 1. The minimum absolute atomic E-state index is 0.00648. The molecule has 0 aliphatic carbocycles. The fraction of sp³-hybridized carbons (Fsp3) is 0.533. The Kier molecular flexibility index (Phi) is 5.26. The number of ether oxygens (including phenoxy) is 1. The van der Waals surface area contributed by atoms with Crippen molar-refractivity contribution in [3.63, 3.8) is 0 Å². The van der Waals surface area contributed by atoms with Crippen molar-refractivity contribution in [2.24, 2.45) is 5.92 Å². The number of nitrogens with one attached hydrogen (secondary N) is 2. The SMILES string of the molecule is CCCOc1ccc(Cl)cc1NC(=O)C1CCNC1C. The molecular weight excluding hydrogens is 276 g/mol. The third-order valence-corrected chi connectivity index (χ3v) is 3.76. The number of carbonyl (C=O) groups is 1. The zero-order valence-electron chi connectivity index (χ0n) is 11.9. The number of hydrogen-bond donors (Lipinski definition) is 2. The Morgan fingerprint density at radius 3 is 3.00 bits per heavy atom. The summed E-state index contributed by atoms with van der Waals surface area (Å²) in [5, 5.41) is 6.81. The summed E-state index contributed by atoms with van der Waals surface area (Å²) in [4.78, 5) is 12.3. The molecule has 20 heavy (non-hydrogen) atoms. The van der Waals surface area contributed by atoms with E-state index in [1.54, 1.807) is 18.2 Å². The van der Waals surface area contributed by atoms with Crippen LogP contribution < -0.4 is 15.4 Å². The highest BCUT2D eigenvalue weighted by atomic mass is 35.5. The van der Waals surface area contributed by atoms with E-state index in [0.717, 1.165) is 19.4 Å². The van der Waals surface area contributed by atoms with Gasteiger partial charge in [-0.2, -0.15) is 0 Å². The fourth-order valence-electron chi connectivity index (χ4n) is 2.38. The molecule has 1 aromatic rings. The molecule has 4 nitrogen and oxygen atoms in total. The zero-order valence-corrected chi connectivity index (χ0v) is 12.7. The van der Waals surface area contributed by atoms with Gasteiger partial charge in [0.1, 0.15) is 5.75 Å². The number of halogens is 1. The molecule has 0 radical (unpaired) electrons. The van der Waals surface area contributed by atoms with E-state index in [0.29, 0.717) is 23.1 Å². The maximum atomic E-state index is 12.3. The second-order valence-corrected chi connectivity index (χ2v) is 5.55. The predicted molar refractivity (Wildman–Crippen MR) is 81.4 cm³/mol. The summed E-state index contributed by atoms with van der Waals surface area (Å²) < 4.78 is 5.64. The summed E-state index contributed by atoms with van der Waals surface area (Å²) in [5.41, 5.74) is 0.648. The quantitative estimate of drug-likeness (QED) is 0.878. The van der Waals surface area contributed by atoms with E-state index in [1.165, 1.54) is 0 Å². The van der Waals surface area contributed by atoms with E-state index in [1.807, 2.05) is 13.8 Å². The standard InChI is InChI=1S/C15H21ClN2O2/c1-3-8-20-14-5-4-11(16)9-13(14)18-15(19)12-6-7-17-10(12)2/h4-5,9-10,12,17H,3,6-8H2,1-2H3,(H,18,19). The van der Waals surface area contributed by atoms with Crippen molar-refractivity contribution < 1.29 is 9.53 Å². The molecule has 2 rings (SSSR count). The Labute approximate surface area is 124 Å². The minimum Gasteiger partial charge on any atom is -0.491 e. The van der Waals surface area contributed by atoms with Crippen LogP contribution in [0.5, 0.6) is 5.75 Å². The number of carbonyl (C=O) groups excluding carboxylic acids is 1. The van der Waals surface area contributed by atoms with Crippen molar-refractivity contribution in [3.8, 4) is 5.75 Å². The molecule has 1 aliphatic heterocycles. The summed E-state index contributed by atoms with van der Waals surface area (Å²) >= 11 is 6.00. The van der Waals surface area contributed by atoms with Gasteiger partial charge in [-0.1, -0.05) is 18.5 Å². The predicted octanol–water partition coefficient (Wildman–Crippen LogP) is 3.07. The zero-order chi connectivity index (χ0) is 14.5. The van der Waals surface area contributed by atoms with Gasteiger partial charge in [-0.05, 0) is 44.5 Å². The maximum Gasteiger partial charge on any atom is 0.229 e. The van der Waals surface area contributed by atoms with E-state index in [4.69, 9.17) is 16.3 Å². The van der Waals surface area contributed by atoms with Crippen molar-refractivity contribution in [1.82, 2.24) is 5.32 Å². The molecule has 0 bridgehead atoms. The van der Waals surface area contributed by atoms with Crippen LogP contribution in [0.1, 0.15) is 26.7 Å². The summed E-state index contributed by atoms with van der Waals surface area (Å²) in [7, 11) is 0. The first kappa shape index (κ1) is 15.1. The van der Waals surface area contributed by atoms with Crippen LogP contribution in [0.3, 0.4) is 0 Å². The third-order valence-electron chi connectivity index (χ3n) is 3.52. The summed E-state index contributed by atoms with van der Waals surface area (Å²) in [5.74, 6) is 0.683.